The summed E-state index contributed by atoms with van der Waals surface area (Å²) >= 11 is 0. The van der Waals surface area contributed by atoms with Crippen LogP contribution in [0.3, 0.4) is 0 Å². The number of nitrogens with zero attached hydrogens (tertiary/aromatic N) is 1. The molecule has 0 bridgehead atoms. The monoisotopic (exact) mass is 386 g/mol. The van der Waals surface area contributed by atoms with Crippen molar-refractivity contribution >= 4 is 17.7 Å². The fraction of sp³-hybridized carbons (Fsp3) is 0.333. The van der Waals surface area contributed by atoms with Crippen LogP contribution in [0.1, 0.15) is 12.8 Å². The van der Waals surface area contributed by atoms with Crippen LogP contribution in [0.4, 0.5) is 14.9 Å². The Labute approximate surface area is 163 Å². The molecule has 1 N–H and O–H groups in total. The molecule has 1 saturated heterocycles. The highest BCUT2D eigenvalue weighted by Gasteiger charge is 2.28. The van der Waals surface area contributed by atoms with Crippen molar-refractivity contribution in [1.29, 1.82) is 0 Å². The van der Waals surface area contributed by atoms with Crippen LogP contribution >= 0.6 is 0 Å². The topological polar surface area (TPSA) is 67.9 Å². The summed E-state index contributed by atoms with van der Waals surface area (Å²) in [6, 6.07) is 15.2. The van der Waals surface area contributed by atoms with Crippen molar-refractivity contribution in [1.82, 2.24) is 4.90 Å². The molecular weight excluding hydrogens is 363 g/mol. The number of carbonyl (C=O) groups excluding carboxylic acids is 2. The van der Waals surface area contributed by atoms with Crippen LogP contribution in [0.15, 0.2) is 54.6 Å². The summed E-state index contributed by atoms with van der Waals surface area (Å²) in [5.41, 5.74) is 0.740. The SMILES string of the molecule is O=C(OCCOc1ccccc1F)C1CCN(C(=O)Nc2ccccc2)CC1. The normalized spacial score (nSPS) is 14.4. The number of hydrogen-bond acceptors (Lipinski definition) is 4. The quantitative estimate of drug-likeness (QED) is 0.607. The van der Waals surface area contributed by atoms with Crippen molar-refractivity contribution in [3.63, 3.8) is 0 Å². The predicted molar refractivity (Wildman–Crippen MR) is 103 cm³/mol. The van der Waals surface area contributed by atoms with Crippen LogP contribution in [-0.2, 0) is 9.53 Å². The molecule has 1 aliphatic heterocycles. The van der Waals surface area contributed by atoms with E-state index < -0.39 is 5.82 Å². The number of ether oxygens (including phenoxy) is 2. The van der Waals surface area contributed by atoms with Crippen LogP contribution in [0, 0.1) is 11.7 Å². The van der Waals surface area contributed by atoms with Gasteiger partial charge >= 0.3 is 12.0 Å². The second kappa shape index (κ2) is 9.73. The number of esters is 1. The third-order valence-electron chi connectivity index (χ3n) is 4.56. The van der Waals surface area contributed by atoms with Crippen molar-refractivity contribution in [3.8, 4) is 5.75 Å². The summed E-state index contributed by atoms with van der Waals surface area (Å²) in [5.74, 6) is -0.860. The van der Waals surface area contributed by atoms with E-state index in [0.717, 1.165) is 5.69 Å². The highest BCUT2D eigenvalue weighted by Crippen LogP contribution is 2.20. The van der Waals surface area contributed by atoms with Gasteiger partial charge in [0.1, 0.15) is 13.2 Å². The second-order valence-electron chi connectivity index (χ2n) is 6.50. The second-order valence-corrected chi connectivity index (χ2v) is 6.50. The molecule has 28 heavy (non-hydrogen) atoms. The summed E-state index contributed by atoms with van der Waals surface area (Å²) in [5, 5.41) is 2.84. The molecule has 1 fully saturated rings. The number of anilines is 1. The molecule has 0 atom stereocenters. The molecule has 0 unspecified atom stereocenters. The van der Waals surface area contributed by atoms with Gasteiger partial charge in [-0.2, -0.15) is 0 Å². The molecule has 6 nitrogen and oxygen atoms in total. The maximum atomic E-state index is 13.4. The third kappa shape index (κ3) is 5.45. The molecule has 7 heteroatoms. The van der Waals surface area contributed by atoms with E-state index in [1.807, 2.05) is 30.3 Å². The van der Waals surface area contributed by atoms with Crippen LogP contribution in [-0.4, -0.2) is 43.2 Å². The molecule has 0 aliphatic carbocycles. The Bertz CT molecular complexity index is 792. The molecular formula is C21H23FN2O4. The van der Waals surface area contributed by atoms with Gasteiger partial charge in [-0.25, -0.2) is 9.18 Å². The number of amides is 2. The molecule has 1 aliphatic rings. The predicted octanol–water partition coefficient (Wildman–Crippen LogP) is 3.69. The van der Waals surface area contributed by atoms with E-state index in [-0.39, 0.29) is 36.9 Å². The first-order valence-corrected chi connectivity index (χ1v) is 9.28. The summed E-state index contributed by atoms with van der Waals surface area (Å²) in [4.78, 5) is 26.1. The molecule has 0 aromatic heterocycles. The number of likely N-dealkylation sites (tertiary alicyclic amines) is 1. The number of benzene rings is 2. The highest BCUT2D eigenvalue weighted by atomic mass is 19.1. The average molecular weight is 386 g/mol. The Morgan fingerprint density at radius 2 is 1.68 bits per heavy atom. The van der Waals surface area contributed by atoms with Gasteiger partial charge < -0.3 is 19.7 Å². The first-order chi connectivity index (χ1) is 13.6. The van der Waals surface area contributed by atoms with Gasteiger partial charge in [0.25, 0.3) is 0 Å². The molecule has 2 aromatic rings. The zero-order valence-corrected chi connectivity index (χ0v) is 15.5. The number of halogens is 1. The Morgan fingerprint density at radius 1 is 1.00 bits per heavy atom. The van der Waals surface area contributed by atoms with E-state index in [2.05, 4.69) is 5.32 Å². The number of nitrogens with one attached hydrogen (secondary N) is 1. The van der Waals surface area contributed by atoms with Crippen LogP contribution < -0.4 is 10.1 Å². The summed E-state index contributed by atoms with van der Waals surface area (Å²) in [7, 11) is 0. The van der Waals surface area contributed by atoms with E-state index >= 15 is 0 Å². The lowest BCUT2D eigenvalue weighted by Crippen LogP contribution is -2.42. The smallest absolute Gasteiger partial charge is 0.321 e. The van der Waals surface area contributed by atoms with Gasteiger partial charge in [0, 0.05) is 18.8 Å². The Kier molecular flexibility index (Phi) is 6.84. The van der Waals surface area contributed by atoms with Crippen molar-refractivity contribution in [2.45, 2.75) is 12.8 Å². The highest BCUT2D eigenvalue weighted by molar-refractivity contribution is 5.89. The van der Waals surface area contributed by atoms with Crippen molar-refractivity contribution in [2.75, 3.05) is 31.6 Å². The minimum atomic E-state index is -0.449. The van der Waals surface area contributed by atoms with Gasteiger partial charge in [0.2, 0.25) is 0 Å². The maximum absolute atomic E-state index is 13.4. The maximum Gasteiger partial charge on any atom is 0.321 e. The van der Waals surface area contributed by atoms with Crippen molar-refractivity contribution < 1.29 is 23.5 Å². The van der Waals surface area contributed by atoms with Crippen molar-refractivity contribution in [2.24, 2.45) is 5.92 Å². The average Bonchev–Trinajstić information content (AvgIpc) is 2.73. The van der Waals surface area contributed by atoms with E-state index in [1.54, 1.807) is 17.0 Å². The molecule has 3 rings (SSSR count). The first-order valence-electron chi connectivity index (χ1n) is 9.28. The van der Waals surface area contributed by atoms with Crippen LogP contribution in [0.5, 0.6) is 5.75 Å². The van der Waals surface area contributed by atoms with Gasteiger partial charge in [-0.05, 0) is 37.1 Å². The third-order valence-corrected chi connectivity index (χ3v) is 4.56. The Hall–Kier alpha value is -3.09. The molecule has 1 heterocycles. The van der Waals surface area contributed by atoms with Gasteiger partial charge in [-0.3, -0.25) is 4.79 Å². The van der Waals surface area contributed by atoms with Crippen LogP contribution in [0.25, 0.3) is 0 Å². The molecule has 2 aromatic carbocycles. The number of piperidine rings is 1. The molecule has 2 amide bonds. The van der Waals surface area contributed by atoms with Gasteiger partial charge in [-0.1, -0.05) is 30.3 Å². The standard InChI is InChI=1S/C21H23FN2O4/c22-18-8-4-5-9-19(18)27-14-15-28-20(25)16-10-12-24(13-11-16)21(26)23-17-6-2-1-3-7-17/h1-9,16H,10-15H2,(H,23,26). The van der Waals surface area contributed by atoms with E-state index in [4.69, 9.17) is 9.47 Å². The fourth-order valence-corrected chi connectivity index (χ4v) is 3.02. The Morgan fingerprint density at radius 3 is 2.39 bits per heavy atom. The fourth-order valence-electron chi connectivity index (χ4n) is 3.02. The summed E-state index contributed by atoms with van der Waals surface area (Å²) in [6.07, 6.45) is 1.10. The van der Waals surface area contributed by atoms with E-state index in [0.29, 0.717) is 25.9 Å². The summed E-state index contributed by atoms with van der Waals surface area (Å²) in [6.45, 7) is 1.13. The van der Waals surface area contributed by atoms with E-state index in [1.165, 1.54) is 12.1 Å². The largest absolute Gasteiger partial charge is 0.487 e. The number of rotatable bonds is 6. The molecule has 0 saturated carbocycles. The zero-order valence-electron chi connectivity index (χ0n) is 15.5. The first kappa shape index (κ1) is 19.7. The lowest BCUT2D eigenvalue weighted by Gasteiger charge is -2.31. The number of urea groups is 1. The number of para-hydroxylation sites is 2. The van der Waals surface area contributed by atoms with Gasteiger partial charge in [0.15, 0.2) is 11.6 Å². The van der Waals surface area contributed by atoms with Gasteiger partial charge in [-0.15, -0.1) is 0 Å². The summed E-state index contributed by atoms with van der Waals surface area (Å²) < 4.78 is 23.9. The molecule has 0 spiro atoms. The zero-order chi connectivity index (χ0) is 19.8. The number of hydrogen-bond donors (Lipinski definition) is 1. The molecule has 0 radical (unpaired) electrons. The van der Waals surface area contributed by atoms with E-state index in [9.17, 15) is 14.0 Å². The lowest BCUT2D eigenvalue weighted by atomic mass is 9.97. The van der Waals surface area contributed by atoms with Crippen LogP contribution in [0.2, 0.25) is 0 Å². The van der Waals surface area contributed by atoms with Crippen molar-refractivity contribution in [3.05, 3.63) is 60.4 Å². The molecule has 148 valence electrons. The minimum absolute atomic E-state index is 0.0574. The van der Waals surface area contributed by atoms with Gasteiger partial charge in [0.05, 0.1) is 5.92 Å². The number of carbonyl (C=O) groups is 2. The Balaban J connectivity index is 1.35. The lowest BCUT2D eigenvalue weighted by molar-refractivity contribution is -0.150. The minimum Gasteiger partial charge on any atom is -0.487 e.